The fourth-order valence-electron chi connectivity index (χ4n) is 4.64. The lowest BCUT2D eigenvalue weighted by atomic mass is 9.80. The summed E-state index contributed by atoms with van der Waals surface area (Å²) >= 11 is 0. The molecule has 1 spiro atoms. The Balaban J connectivity index is 1.63. The predicted octanol–water partition coefficient (Wildman–Crippen LogP) is 3.56. The summed E-state index contributed by atoms with van der Waals surface area (Å²) in [6.07, 6.45) is 14.4. The maximum Gasteiger partial charge on any atom is 0.0308 e. The first-order chi connectivity index (χ1) is 9.27. The standard InChI is InChI=1S/C17H32N2/c1-15-6-8-16(9-7-15)19-13-5-12-18-17(14-19)10-3-2-4-11-17/h15-16,18H,2-14H2,1H3. The van der Waals surface area contributed by atoms with Crippen molar-refractivity contribution < 1.29 is 0 Å². The molecule has 0 amide bonds. The highest BCUT2D eigenvalue weighted by molar-refractivity contribution is 4.97. The minimum atomic E-state index is 0.484. The van der Waals surface area contributed by atoms with E-state index >= 15 is 0 Å². The van der Waals surface area contributed by atoms with E-state index in [0.717, 1.165) is 12.0 Å². The highest BCUT2D eigenvalue weighted by atomic mass is 15.2. The van der Waals surface area contributed by atoms with Crippen LogP contribution in [-0.4, -0.2) is 36.1 Å². The molecular weight excluding hydrogens is 232 g/mol. The van der Waals surface area contributed by atoms with E-state index in [-0.39, 0.29) is 0 Å². The van der Waals surface area contributed by atoms with Gasteiger partial charge in [-0.3, -0.25) is 4.90 Å². The Morgan fingerprint density at radius 1 is 0.947 bits per heavy atom. The Morgan fingerprint density at radius 3 is 2.42 bits per heavy atom. The minimum absolute atomic E-state index is 0.484. The molecule has 3 rings (SSSR count). The summed E-state index contributed by atoms with van der Waals surface area (Å²) in [4.78, 5) is 2.87. The maximum atomic E-state index is 3.93. The van der Waals surface area contributed by atoms with Gasteiger partial charge in [0, 0.05) is 18.1 Å². The van der Waals surface area contributed by atoms with Crippen molar-refractivity contribution in [3.63, 3.8) is 0 Å². The summed E-state index contributed by atoms with van der Waals surface area (Å²) in [5.74, 6) is 0.977. The lowest BCUT2D eigenvalue weighted by Gasteiger charge is -2.43. The molecule has 3 fully saturated rings. The molecule has 0 unspecified atom stereocenters. The molecule has 0 radical (unpaired) electrons. The highest BCUT2D eigenvalue weighted by Crippen LogP contribution is 2.34. The summed E-state index contributed by atoms with van der Waals surface area (Å²) < 4.78 is 0. The van der Waals surface area contributed by atoms with Crippen molar-refractivity contribution >= 4 is 0 Å². The number of hydrogen-bond donors (Lipinski definition) is 1. The van der Waals surface area contributed by atoms with Crippen LogP contribution >= 0.6 is 0 Å². The van der Waals surface area contributed by atoms with Gasteiger partial charge in [0.2, 0.25) is 0 Å². The molecule has 2 aliphatic carbocycles. The average Bonchev–Trinajstić information content (AvgIpc) is 2.64. The molecule has 110 valence electrons. The van der Waals surface area contributed by atoms with Crippen LogP contribution in [0.2, 0.25) is 0 Å². The Morgan fingerprint density at radius 2 is 1.68 bits per heavy atom. The summed E-state index contributed by atoms with van der Waals surface area (Å²) in [6.45, 7) is 6.36. The monoisotopic (exact) mass is 264 g/mol. The lowest BCUT2D eigenvalue weighted by molar-refractivity contribution is 0.0978. The summed E-state index contributed by atoms with van der Waals surface area (Å²) in [5, 5.41) is 3.93. The Kier molecular flexibility index (Phi) is 4.48. The van der Waals surface area contributed by atoms with E-state index in [1.165, 1.54) is 83.8 Å². The molecule has 0 aromatic rings. The van der Waals surface area contributed by atoms with Gasteiger partial charge in [-0.15, -0.1) is 0 Å². The van der Waals surface area contributed by atoms with Crippen molar-refractivity contribution in [2.24, 2.45) is 5.92 Å². The first-order valence-electron chi connectivity index (χ1n) is 8.77. The van der Waals surface area contributed by atoms with E-state index in [0.29, 0.717) is 5.54 Å². The molecule has 2 nitrogen and oxygen atoms in total. The first kappa shape index (κ1) is 13.9. The second-order valence-corrected chi connectivity index (χ2v) is 7.51. The molecule has 3 aliphatic rings. The van der Waals surface area contributed by atoms with Gasteiger partial charge in [0.25, 0.3) is 0 Å². The minimum Gasteiger partial charge on any atom is -0.310 e. The highest BCUT2D eigenvalue weighted by Gasteiger charge is 2.37. The van der Waals surface area contributed by atoms with Crippen molar-refractivity contribution in [2.45, 2.75) is 82.7 Å². The molecule has 1 heterocycles. The third kappa shape index (κ3) is 3.33. The van der Waals surface area contributed by atoms with Crippen LogP contribution in [0.3, 0.4) is 0 Å². The molecule has 0 aromatic carbocycles. The van der Waals surface area contributed by atoms with Gasteiger partial charge in [-0.05, 0) is 64.0 Å². The quantitative estimate of drug-likeness (QED) is 0.779. The van der Waals surface area contributed by atoms with Gasteiger partial charge in [-0.25, -0.2) is 0 Å². The number of nitrogens with zero attached hydrogens (tertiary/aromatic N) is 1. The number of nitrogens with one attached hydrogen (secondary N) is 1. The topological polar surface area (TPSA) is 15.3 Å². The van der Waals surface area contributed by atoms with Crippen LogP contribution in [0.5, 0.6) is 0 Å². The van der Waals surface area contributed by atoms with E-state index in [1.54, 1.807) is 0 Å². The Labute approximate surface area is 119 Å². The zero-order valence-corrected chi connectivity index (χ0v) is 12.8. The van der Waals surface area contributed by atoms with Crippen molar-refractivity contribution in [2.75, 3.05) is 19.6 Å². The van der Waals surface area contributed by atoms with Crippen LogP contribution in [0.4, 0.5) is 0 Å². The normalized spacial score (nSPS) is 37.1. The Bertz CT molecular complexity index is 275. The van der Waals surface area contributed by atoms with Gasteiger partial charge < -0.3 is 5.32 Å². The molecule has 0 aromatic heterocycles. The van der Waals surface area contributed by atoms with Crippen LogP contribution < -0.4 is 5.32 Å². The molecule has 2 heteroatoms. The number of rotatable bonds is 1. The SMILES string of the molecule is CC1CCC(N2CCCNC3(CCCCC3)C2)CC1. The van der Waals surface area contributed by atoms with Crippen LogP contribution in [0, 0.1) is 5.92 Å². The van der Waals surface area contributed by atoms with Gasteiger partial charge in [0.05, 0.1) is 0 Å². The molecular formula is C17H32N2. The van der Waals surface area contributed by atoms with Crippen LogP contribution in [0.25, 0.3) is 0 Å². The van der Waals surface area contributed by atoms with E-state index in [9.17, 15) is 0 Å². The summed E-state index contributed by atoms with van der Waals surface area (Å²) in [5.41, 5.74) is 0.484. The third-order valence-electron chi connectivity index (χ3n) is 5.94. The predicted molar refractivity (Wildman–Crippen MR) is 81.4 cm³/mol. The smallest absolute Gasteiger partial charge is 0.0308 e. The van der Waals surface area contributed by atoms with Crippen LogP contribution in [-0.2, 0) is 0 Å². The maximum absolute atomic E-state index is 3.93. The second kappa shape index (κ2) is 6.13. The second-order valence-electron chi connectivity index (χ2n) is 7.51. The van der Waals surface area contributed by atoms with Gasteiger partial charge in [0.1, 0.15) is 0 Å². The van der Waals surface area contributed by atoms with Gasteiger partial charge in [-0.2, -0.15) is 0 Å². The number of hydrogen-bond acceptors (Lipinski definition) is 2. The average molecular weight is 264 g/mol. The first-order valence-corrected chi connectivity index (χ1v) is 8.77. The fraction of sp³-hybridized carbons (Fsp3) is 1.00. The molecule has 2 saturated carbocycles. The van der Waals surface area contributed by atoms with Crippen molar-refractivity contribution in [1.29, 1.82) is 0 Å². The Hall–Kier alpha value is -0.0800. The van der Waals surface area contributed by atoms with Gasteiger partial charge in [0.15, 0.2) is 0 Å². The zero-order chi connectivity index (χ0) is 13.1. The molecule has 0 bridgehead atoms. The summed E-state index contributed by atoms with van der Waals surface area (Å²) in [6, 6.07) is 0.898. The van der Waals surface area contributed by atoms with Crippen LogP contribution in [0.15, 0.2) is 0 Å². The molecule has 1 aliphatic heterocycles. The van der Waals surface area contributed by atoms with E-state index in [1.807, 2.05) is 0 Å². The zero-order valence-electron chi connectivity index (χ0n) is 12.8. The molecule has 0 atom stereocenters. The third-order valence-corrected chi connectivity index (χ3v) is 5.94. The largest absolute Gasteiger partial charge is 0.310 e. The molecule has 1 saturated heterocycles. The molecule has 1 N–H and O–H groups in total. The van der Waals surface area contributed by atoms with Crippen molar-refractivity contribution in [3.8, 4) is 0 Å². The van der Waals surface area contributed by atoms with E-state index < -0.39 is 0 Å². The lowest BCUT2D eigenvalue weighted by Crippen LogP contribution is -2.54. The summed E-state index contributed by atoms with van der Waals surface area (Å²) in [7, 11) is 0. The van der Waals surface area contributed by atoms with Gasteiger partial charge in [-0.1, -0.05) is 26.2 Å². The van der Waals surface area contributed by atoms with Crippen molar-refractivity contribution in [3.05, 3.63) is 0 Å². The van der Waals surface area contributed by atoms with Crippen molar-refractivity contribution in [1.82, 2.24) is 10.2 Å². The van der Waals surface area contributed by atoms with E-state index in [4.69, 9.17) is 0 Å². The van der Waals surface area contributed by atoms with Gasteiger partial charge >= 0.3 is 0 Å². The van der Waals surface area contributed by atoms with Crippen LogP contribution in [0.1, 0.15) is 71.1 Å². The van der Waals surface area contributed by atoms with E-state index in [2.05, 4.69) is 17.1 Å². The molecule has 19 heavy (non-hydrogen) atoms. The fourth-order valence-corrected chi connectivity index (χ4v) is 4.64.